The smallest absolute Gasteiger partial charge is 0.313 e. The summed E-state index contributed by atoms with van der Waals surface area (Å²) in [6, 6.07) is 5.58. The van der Waals surface area contributed by atoms with E-state index < -0.39 is 11.5 Å². The number of aryl methyl sites for hydroxylation is 1. The van der Waals surface area contributed by atoms with E-state index in [0.717, 1.165) is 27.6 Å². The number of aromatic nitrogens is 1. The lowest BCUT2D eigenvalue weighted by atomic mass is 9.78. The van der Waals surface area contributed by atoms with Gasteiger partial charge in [-0.1, -0.05) is 6.08 Å². The molecular weight excluding hydrogens is 392 g/mol. The standard InChI is InChI=1S/C24H26N4O3/c1-14-10-19(30-4)20(17-8-9-26-21(14)17)22(24(2,3)23(29)31-5)28-13-16-7-6-15(12-25)11-18(16)27-28/h6-11,13,18,22,26-27H,1-5H3. The maximum absolute atomic E-state index is 12.9. The van der Waals surface area contributed by atoms with E-state index in [1.165, 1.54) is 7.11 Å². The number of ether oxygens (including phenoxy) is 2. The molecule has 7 heteroatoms. The Morgan fingerprint density at radius 3 is 2.77 bits per heavy atom. The highest BCUT2D eigenvalue weighted by atomic mass is 16.5. The predicted octanol–water partition coefficient (Wildman–Crippen LogP) is 3.82. The van der Waals surface area contributed by atoms with Crippen molar-refractivity contribution >= 4 is 16.9 Å². The molecule has 1 aliphatic heterocycles. The molecule has 0 saturated heterocycles. The quantitative estimate of drug-likeness (QED) is 0.718. The third kappa shape index (κ3) is 3.29. The van der Waals surface area contributed by atoms with Crippen molar-refractivity contribution in [2.45, 2.75) is 32.9 Å². The van der Waals surface area contributed by atoms with Crippen LogP contribution in [0.5, 0.6) is 5.75 Å². The number of nitrogens with zero attached hydrogens (tertiary/aromatic N) is 2. The van der Waals surface area contributed by atoms with Gasteiger partial charge in [-0.25, -0.2) is 5.43 Å². The number of carbonyl (C=O) groups is 1. The maximum Gasteiger partial charge on any atom is 0.313 e. The lowest BCUT2D eigenvalue weighted by Crippen LogP contribution is -2.47. The number of esters is 1. The van der Waals surface area contributed by atoms with E-state index in [4.69, 9.17) is 9.47 Å². The van der Waals surface area contributed by atoms with Crippen LogP contribution >= 0.6 is 0 Å². The number of aromatic amines is 1. The number of methoxy groups -OCH3 is 2. The van der Waals surface area contributed by atoms with Crippen LogP contribution in [0, 0.1) is 23.7 Å². The molecule has 1 aliphatic carbocycles. The fourth-order valence-electron chi connectivity index (χ4n) is 4.51. The van der Waals surface area contributed by atoms with Gasteiger partial charge in [-0.15, -0.1) is 0 Å². The summed E-state index contributed by atoms with van der Waals surface area (Å²) >= 11 is 0. The number of H-pyrrole nitrogens is 1. The number of benzene rings is 1. The monoisotopic (exact) mass is 418 g/mol. The number of hydrazine groups is 1. The number of nitrogens with one attached hydrogen (secondary N) is 2. The Morgan fingerprint density at radius 1 is 1.32 bits per heavy atom. The minimum Gasteiger partial charge on any atom is -0.496 e. The van der Waals surface area contributed by atoms with Crippen molar-refractivity contribution < 1.29 is 14.3 Å². The highest BCUT2D eigenvalue weighted by molar-refractivity contribution is 5.90. The molecule has 4 rings (SSSR count). The third-order valence-electron chi connectivity index (χ3n) is 6.08. The van der Waals surface area contributed by atoms with Crippen LogP contribution in [0.25, 0.3) is 10.9 Å². The topological polar surface area (TPSA) is 90.4 Å². The normalized spacial score (nSPS) is 18.8. The first-order valence-corrected chi connectivity index (χ1v) is 10.1. The van der Waals surface area contributed by atoms with Gasteiger partial charge in [0, 0.05) is 34.4 Å². The Balaban J connectivity index is 1.92. The molecule has 1 aromatic heterocycles. The number of rotatable bonds is 5. The maximum atomic E-state index is 12.9. The van der Waals surface area contributed by atoms with Gasteiger partial charge >= 0.3 is 5.97 Å². The molecule has 0 spiro atoms. The Labute approximate surface area is 181 Å². The van der Waals surface area contributed by atoms with Crippen molar-refractivity contribution in [1.29, 1.82) is 5.26 Å². The van der Waals surface area contributed by atoms with Gasteiger partial charge in [-0.05, 0) is 56.2 Å². The van der Waals surface area contributed by atoms with Crippen LogP contribution in [0.3, 0.4) is 0 Å². The number of nitriles is 1. The SMILES string of the molecule is COC(=O)C(C)(C)C(c1c(OC)cc(C)c2[nH]ccc12)N1C=C2C=CC(C#N)=CC2N1. The molecule has 31 heavy (non-hydrogen) atoms. The van der Waals surface area contributed by atoms with Crippen molar-refractivity contribution in [1.82, 2.24) is 15.4 Å². The predicted molar refractivity (Wildman–Crippen MR) is 118 cm³/mol. The second kappa shape index (κ2) is 7.64. The largest absolute Gasteiger partial charge is 0.496 e. The molecule has 2 aromatic rings. The fourth-order valence-corrected chi connectivity index (χ4v) is 4.51. The van der Waals surface area contributed by atoms with Gasteiger partial charge < -0.3 is 19.5 Å². The summed E-state index contributed by atoms with van der Waals surface area (Å²) in [4.78, 5) is 16.2. The molecule has 160 valence electrons. The van der Waals surface area contributed by atoms with Gasteiger partial charge in [0.05, 0.1) is 37.8 Å². The van der Waals surface area contributed by atoms with E-state index in [1.807, 2.05) is 62.5 Å². The van der Waals surface area contributed by atoms with Crippen LogP contribution in [0.4, 0.5) is 0 Å². The molecule has 0 fully saturated rings. The number of hydrogen-bond acceptors (Lipinski definition) is 6. The van der Waals surface area contributed by atoms with Crippen LogP contribution in [-0.4, -0.2) is 36.2 Å². The van der Waals surface area contributed by atoms with Crippen molar-refractivity contribution in [3.63, 3.8) is 0 Å². The number of fused-ring (bicyclic) bond motifs is 2. The molecule has 2 aliphatic rings. The molecule has 1 aromatic carbocycles. The van der Waals surface area contributed by atoms with Gasteiger partial charge in [-0.3, -0.25) is 4.79 Å². The average molecular weight is 418 g/mol. The zero-order valence-corrected chi connectivity index (χ0v) is 18.3. The molecule has 7 nitrogen and oxygen atoms in total. The first kappa shape index (κ1) is 20.8. The van der Waals surface area contributed by atoms with E-state index in [0.29, 0.717) is 11.3 Å². The molecule has 2 unspecified atom stereocenters. The van der Waals surface area contributed by atoms with Crippen molar-refractivity contribution in [2.24, 2.45) is 5.41 Å². The van der Waals surface area contributed by atoms with E-state index >= 15 is 0 Å². The second-order valence-electron chi connectivity index (χ2n) is 8.40. The number of hydrogen-bond donors (Lipinski definition) is 2. The van der Waals surface area contributed by atoms with E-state index in [9.17, 15) is 10.1 Å². The summed E-state index contributed by atoms with van der Waals surface area (Å²) in [5, 5.41) is 12.2. The minimum atomic E-state index is -0.926. The summed E-state index contributed by atoms with van der Waals surface area (Å²) < 4.78 is 11.0. The van der Waals surface area contributed by atoms with Gasteiger partial charge in [0.1, 0.15) is 5.75 Å². The lowest BCUT2D eigenvalue weighted by Gasteiger charge is -2.40. The summed E-state index contributed by atoms with van der Waals surface area (Å²) in [6.45, 7) is 5.76. The van der Waals surface area contributed by atoms with E-state index in [-0.39, 0.29) is 12.0 Å². The van der Waals surface area contributed by atoms with Crippen molar-refractivity contribution in [3.8, 4) is 11.8 Å². The van der Waals surface area contributed by atoms with Crippen molar-refractivity contribution in [2.75, 3.05) is 14.2 Å². The molecule has 0 radical (unpaired) electrons. The molecular formula is C24H26N4O3. The fraction of sp³-hybridized carbons (Fsp3) is 0.333. The van der Waals surface area contributed by atoms with E-state index in [2.05, 4.69) is 16.5 Å². The average Bonchev–Trinajstić information content (AvgIpc) is 3.41. The molecule has 2 N–H and O–H groups in total. The van der Waals surface area contributed by atoms with Crippen LogP contribution in [0.2, 0.25) is 0 Å². The lowest BCUT2D eigenvalue weighted by molar-refractivity contribution is -0.155. The first-order chi connectivity index (χ1) is 14.8. The molecule has 2 heterocycles. The third-order valence-corrected chi connectivity index (χ3v) is 6.08. The Kier molecular flexibility index (Phi) is 5.11. The molecule has 0 bridgehead atoms. The zero-order valence-electron chi connectivity index (χ0n) is 18.3. The van der Waals surface area contributed by atoms with E-state index in [1.54, 1.807) is 13.2 Å². The van der Waals surface area contributed by atoms with Gasteiger partial charge in [-0.2, -0.15) is 5.26 Å². The number of allylic oxidation sites excluding steroid dienone is 2. The Bertz CT molecular complexity index is 1180. The first-order valence-electron chi connectivity index (χ1n) is 10.1. The Morgan fingerprint density at radius 2 is 2.10 bits per heavy atom. The highest BCUT2D eigenvalue weighted by Gasteiger charge is 2.46. The van der Waals surface area contributed by atoms with Crippen molar-refractivity contribution in [3.05, 3.63) is 65.0 Å². The second-order valence-corrected chi connectivity index (χ2v) is 8.40. The molecule has 2 atom stereocenters. The van der Waals surface area contributed by atoms with Gasteiger partial charge in [0.2, 0.25) is 0 Å². The Hall–Kier alpha value is -3.50. The van der Waals surface area contributed by atoms with Gasteiger partial charge in [0.15, 0.2) is 0 Å². The summed E-state index contributed by atoms with van der Waals surface area (Å²) in [5.41, 5.74) is 7.08. The zero-order chi connectivity index (χ0) is 22.3. The summed E-state index contributed by atoms with van der Waals surface area (Å²) in [7, 11) is 3.04. The number of carbonyl (C=O) groups excluding carboxylic acids is 1. The molecule has 0 amide bonds. The van der Waals surface area contributed by atoms with Crippen LogP contribution in [0.15, 0.2) is 53.9 Å². The highest BCUT2D eigenvalue weighted by Crippen LogP contribution is 2.47. The minimum absolute atomic E-state index is 0.145. The van der Waals surface area contributed by atoms with Gasteiger partial charge in [0.25, 0.3) is 0 Å². The van der Waals surface area contributed by atoms with Crippen LogP contribution in [-0.2, 0) is 9.53 Å². The van der Waals surface area contributed by atoms with Crippen LogP contribution in [0.1, 0.15) is 31.0 Å². The summed E-state index contributed by atoms with van der Waals surface area (Å²) in [6.07, 6.45) is 9.48. The molecule has 0 saturated carbocycles. The van der Waals surface area contributed by atoms with Crippen LogP contribution < -0.4 is 10.2 Å². The summed E-state index contributed by atoms with van der Waals surface area (Å²) in [5.74, 6) is 0.369.